The van der Waals surface area contributed by atoms with Gasteiger partial charge in [-0.2, -0.15) is 0 Å². The molecule has 0 aliphatic carbocycles. The highest BCUT2D eigenvalue weighted by molar-refractivity contribution is 6.24. The van der Waals surface area contributed by atoms with Crippen LogP contribution in [0.4, 0.5) is 0 Å². The number of carboxylic acids is 1. The van der Waals surface area contributed by atoms with Gasteiger partial charge >= 0.3 is 5.97 Å². The Balaban J connectivity index is 1.74. The van der Waals surface area contributed by atoms with Crippen molar-refractivity contribution in [2.45, 2.75) is 32.6 Å². The van der Waals surface area contributed by atoms with E-state index in [1.54, 1.807) is 26.4 Å². The predicted octanol–water partition coefficient (Wildman–Crippen LogP) is 3.54. The SMILES string of the molecule is CCC1Oc2cc3c(cc2O1)C1=C(C(=O)O)c2ccc(OC)c(OC)c2CN1CC3. The van der Waals surface area contributed by atoms with Crippen LogP contribution in [-0.4, -0.2) is 43.0 Å². The van der Waals surface area contributed by atoms with E-state index in [9.17, 15) is 9.90 Å². The lowest BCUT2D eigenvalue weighted by molar-refractivity contribution is -0.130. The minimum absolute atomic E-state index is 0.268. The third-order valence-corrected chi connectivity index (χ3v) is 5.96. The van der Waals surface area contributed by atoms with Crippen molar-refractivity contribution in [2.75, 3.05) is 20.8 Å². The molecule has 5 rings (SSSR count). The maximum absolute atomic E-state index is 12.5. The summed E-state index contributed by atoms with van der Waals surface area (Å²) >= 11 is 0. The molecule has 0 bridgehead atoms. The maximum Gasteiger partial charge on any atom is 0.338 e. The number of methoxy groups -OCH3 is 2. The zero-order valence-electron chi connectivity index (χ0n) is 17.2. The number of aliphatic carboxylic acids is 1. The molecule has 0 amide bonds. The molecule has 0 saturated carbocycles. The molecule has 0 saturated heterocycles. The molecule has 0 radical (unpaired) electrons. The number of nitrogens with zero attached hydrogens (tertiary/aromatic N) is 1. The molecule has 30 heavy (non-hydrogen) atoms. The normalized spacial score (nSPS) is 18.5. The largest absolute Gasteiger partial charge is 0.493 e. The number of rotatable bonds is 4. The van der Waals surface area contributed by atoms with Gasteiger partial charge in [-0.15, -0.1) is 0 Å². The van der Waals surface area contributed by atoms with E-state index in [2.05, 4.69) is 4.90 Å². The van der Waals surface area contributed by atoms with Crippen molar-refractivity contribution >= 4 is 17.2 Å². The number of hydrogen-bond acceptors (Lipinski definition) is 6. The fraction of sp³-hybridized carbons (Fsp3) is 0.348. The lowest BCUT2D eigenvalue weighted by Crippen LogP contribution is -2.34. The van der Waals surface area contributed by atoms with Crippen LogP contribution in [0.5, 0.6) is 23.0 Å². The Bertz CT molecular complexity index is 1090. The third-order valence-electron chi connectivity index (χ3n) is 5.96. The van der Waals surface area contributed by atoms with Gasteiger partial charge in [-0.25, -0.2) is 4.79 Å². The van der Waals surface area contributed by atoms with Crippen molar-refractivity contribution in [1.82, 2.24) is 4.90 Å². The average Bonchev–Trinajstić information content (AvgIpc) is 3.16. The molecule has 1 N–H and O–H groups in total. The molecule has 0 fully saturated rings. The first-order valence-electron chi connectivity index (χ1n) is 10.0. The van der Waals surface area contributed by atoms with E-state index >= 15 is 0 Å². The molecule has 7 nitrogen and oxygen atoms in total. The second-order valence-electron chi connectivity index (χ2n) is 7.56. The van der Waals surface area contributed by atoms with Crippen LogP contribution < -0.4 is 18.9 Å². The monoisotopic (exact) mass is 409 g/mol. The molecular weight excluding hydrogens is 386 g/mol. The molecule has 2 aromatic rings. The highest BCUT2D eigenvalue weighted by Gasteiger charge is 2.37. The van der Waals surface area contributed by atoms with E-state index in [0.29, 0.717) is 35.9 Å². The molecule has 7 heteroatoms. The Morgan fingerprint density at radius 3 is 2.60 bits per heavy atom. The lowest BCUT2D eigenvalue weighted by Gasteiger charge is -2.39. The van der Waals surface area contributed by atoms with Gasteiger partial charge < -0.3 is 29.0 Å². The average molecular weight is 409 g/mol. The van der Waals surface area contributed by atoms with Gasteiger partial charge in [0.2, 0.25) is 6.29 Å². The highest BCUT2D eigenvalue weighted by atomic mass is 16.7. The van der Waals surface area contributed by atoms with Gasteiger partial charge in [-0.1, -0.05) is 6.92 Å². The first kappa shape index (κ1) is 18.7. The smallest absolute Gasteiger partial charge is 0.338 e. The number of carboxylic acid groups (broad SMARTS) is 1. The number of hydrogen-bond donors (Lipinski definition) is 1. The standard InChI is InChI=1S/C23H23NO6/c1-4-19-29-17-9-12-7-8-24-11-15-13(5-6-16(27-2)22(15)28-3)20(23(25)26)21(24)14(12)10-18(17)30-19/h5-6,9-10,19H,4,7-8,11H2,1-3H3,(H,25,26). The van der Waals surface area contributed by atoms with Crippen molar-refractivity contribution in [3.63, 3.8) is 0 Å². The van der Waals surface area contributed by atoms with Gasteiger partial charge in [0.1, 0.15) is 0 Å². The van der Waals surface area contributed by atoms with E-state index in [-0.39, 0.29) is 11.9 Å². The summed E-state index contributed by atoms with van der Waals surface area (Å²) in [6, 6.07) is 7.48. The summed E-state index contributed by atoms with van der Waals surface area (Å²) in [6.45, 7) is 3.26. The topological polar surface area (TPSA) is 77.5 Å². The Morgan fingerprint density at radius 1 is 1.17 bits per heavy atom. The molecule has 156 valence electrons. The van der Waals surface area contributed by atoms with Gasteiger partial charge in [-0.05, 0) is 36.2 Å². The van der Waals surface area contributed by atoms with Crippen LogP contribution in [0.25, 0.3) is 11.3 Å². The minimum atomic E-state index is -0.972. The van der Waals surface area contributed by atoms with Gasteiger partial charge in [0.25, 0.3) is 0 Å². The van der Waals surface area contributed by atoms with E-state index < -0.39 is 5.97 Å². The summed E-state index contributed by atoms with van der Waals surface area (Å²) < 4.78 is 22.7. The Kier molecular flexibility index (Phi) is 4.27. The van der Waals surface area contributed by atoms with Gasteiger partial charge in [-0.3, -0.25) is 0 Å². The van der Waals surface area contributed by atoms with Crippen molar-refractivity contribution in [3.8, 4) is 23.0 Å². The van der Waals surface area contributed by atoms with E-state index in [1.807, 2.05) is 19.1 Å². The second-order valence-corrected chi connectivity index (χ2v) is 7.56. The quantitative estimate of drug-likeness (QED) is 0.828. The van der Waals surface area contributed by atoms with Gasteiger partial charge in [0.05, 0.1) is 25.5 Å². The van der Waals surface area contributed by atoms with E-state index in [1.165, 1.54) is 0 Å². The first-order valence-corrected chi connectivity index (χ1v) is 10.0. The molecule has 3 aliphatic heterocycles. The molecule has 3 heterocycles. The molecule has 3 aliphatic rings. The number of ether oxygens (including phenoxy) is 4. The lowest BCUT2D eigenvalue weighted by atomic mass is 9.85. The number of benzene rings is 2. The van der Waals surface area contributed by atoms with E-state index in [4.69, 9.17) is 18.9 Å². The van der Waals surface area contributed by atoms with Crippen LogP contribution in [0.3, 0.4) is 0 Å². The Morgan fingerprint density at radius 2 is 1.93 bits per heavy atom. The third kappa shape index (κ3) is 2.61. The van der Waals surface area contributed by atoms with Crippen LogP contribution in [0.1, 0.15) is 35.6 Å². The summed E-state index contributed by atoms with van der Waals surface area (Å²) in [6.07, 6.45) is 1.24. The summed E-state index contributed by atoms with van der Waals surface area (Å²) in [7, 11) is 3.16. The zero-order chi connectivity index (χ0) is 21.0. The fourth-order valence-corrected chi connectivity index (χ4v) is 4.59. The van der Waals surface area contributed by atoms with Crippen molar-refractivity contribution in [1.29, 1.82) is 0 Å². The van der Waals surface area contributed by atoms with Crippen LogP contribution in [-0.2, 0) is 17.8 Å². The number of fused-ring (bicyclic) bond motifs is 5. The van der Waals surface area contributed by atoms with Crippen LogP contribution in [0.2, 0.25) is 0 Å². The Hall–Kier alpha value is -3.35. The Labute approximate surface area is 174 Å². The summed E-state index contributed by atoms with van der Waals surface area (Å²) in [4.78, 5) is 14.6. The van der Waals surface area contributed by atoms with Crippen LogP contribution in [0, 0.1) is 0 Å². The summed E-state index contributed by atoms with van der Waals surface area (Å²) in [5.74, 6) is 1.60. The second kappa shape index (κ2) is 6.86. The molecular formula is C23H23NO6. The van der Waals surface area contributed by atoms with Crippen molar-refractivity contribution in [3.05, 3.63) is 46.5 Å². The number of carbonyl (C=O) groups is 1. The predicted molar refractivity (Wildman–Crippen MR) is 110 cm³/mol. The minimum Gasteiger partial charge on any atom is -0.493 e. The highest BCUT2D eigenvalue weighted by Crippen LogP contribution is 2.48. The van der Waals surface area contributed by atoms with E-state index in [0.717, 1.165) is 41.0 Å². The molecule has 0 spiro atoms. The molecule has 2 aromatic carbocycles. The summed E-state index contributed by atoms with van der Waals surface area (Å²) in [5, 5.41) is 10.2. The van der Waals surface area contributed by atoms with Gasteiger partial charge in [0, 0.05) is 36.2 Å². The summed E-state index contributed by atoms with van der Waals surface area (Å²) in [5.41, 5.74) is 4.43. The molecule has 0 aromatic heterocycles. The zero-order valence-corrected chi connectivity index (χ0v) is 17.2. The van der Waals surface area contributed by atoms with Gasteiger partial charge in [0.15, 0.2) is 23.0 Å². The van der Waals surface area contributed by atoms with Crippen molar-refractivity contribution in [2.24, 2.45) is 0 Å². The van der Waals surface area contributed by atoms with Crippen LogP contribution >= 0.6 is 0 Å². The first-order chi connectivity index (χ1) is 14.5. The van der Waals surface area contributed by atoms with Crippen LogP contribution in [0.15, 0.2) is 24.3 Å². The molecule has 1 atom stereocenters. The van der Waals surface area contributed by atoms with Crippen molar-refractivity contribution < 1.29 is 28.8 Å². The maximum atomic E-state index is 12.5. The molecule has 1 unspecified atom stereocenters. The fourth-order valence-electron chi connectivity index (χ4n) is 4.59.